The van der Waals surface area contributed by atoms with Crippen LogP contribution in [-0.2, 0) is 9.59 Å². The van der Waals surface area contributed by atoms with Crippen LogP contribution in [-0.4, -0.2) is 29.7 Å². The number of ketones is 1. The summed E-state index contributed by atoms with van der Waals surface area (Å²) in [5.41, 5.74) is 1.93. The van der Waals surface area contributed by atoms with Gasteiger partial charge >= 0.3 is 0 Å². The molecule has 0 unspecified atom stereocenters. The summed E-state index contributed by atoms with van der Waals surface area (Å²) in [5.74, 6) is -0.589. The van der Waals surface area contributed by atoms with Gasteiger partial charge < -0.3 is 4.90 Å². The topological polar surface area (TPSA) is 37.4 Å². The summed E-state index contributed by atoms with van der Waals surface area (Å²) in [4.78, 5) is 25.4. The van der Waals surface area contributed by atoms with Crippen LogP contribution in [0.1, 0.15) is 63.0 Å². The average Bonchev–Trinajstić information content (AvgIpc) is 2.69. The lowest BCUT2D eigenvalue weighted by Gasteiger charge is -2.21. The number of benzene rings is 2. The van der Waals surface area contributed by atoms with Crippen molar-refractivity contribution in [2.45, 2.75) is 51.9 Å². The summed E-state index contributed by atoms with van der Waals surface area (Å²) in [6.45, 7) is 4.23. The largest absolute Gasteiger partial charge is 0.335 e. The molecule has 3 nitrogen and oxygen atoms in total. The SMILES string of the molecule is CCCN(CC(C)=O)C(=O)CCCCC(c1ccc(F)cc1)c1ccc(F)cc1. The van der Waals surface area contributed by atoms with Crippen molar-refractivity contribution in [1.29, 1.82) is 0 Å². The van der Waals surface area contributed by atoms with Crippen LogP contribution in [0.2, 0.25) is 0 Å². The first kappa shape index (κ1) is 22.7. The van der Waals surface area contributed by atoms with Crippen molar-refractivity contribution in [2.75, 3.05) is 13.1 Å². The van der Waals surface area contributed by atoms with E-state index in [0.29, 0.717) is 19.4 Å². The summed E-state index contributed by atoms with van der Waals surface area (Å²) in [6.07, 6.45) is 3.48. The maximum absolute atomic E-state index is 13.3. The number of Topliss-reactive ketones (excluding diaryl/α,β-unsaturated/α-hetero) is 1. The zero-order chi connectivity index (χ0) is 21.2. The molecular weight excluding hydrogens is 372 g/mol. The lowest BCUT2D eigenvalue weighted by molar-refractivity contribution is -0.135. The van der Waals surface area contributed by atoms with Crippen molar-refractivity contribution in [3.63, 3.8) is 0 Å². The highest BCUT2D eigenvalue weighted by Crippen LogP contribution is 2.30. The van der Waals surface area contributed by atoms with Gasteiger partial charge in [0.25, 0.3) is 0 Å². The number of nitrogens with zero attached hydrogens (tertiary/aromatic N) is 1. The number of hydrogen-bond donors (Lipinski definition) is 0. The monoisotopic (exact) mass is 401 g/mol. The normalized spacial score (nSPS) is 10.9. The molecule has 0 aliphatic heterocycles. The second-order valence-electron chi connectivity index (χ2n) is 7.42. The van der Waals surface area contributed by atoms with Crippen molar-refractivity contribution in [2.24, 2.45) is 0 Å². The molecule has 0 aromatic heterocycles. The van der Waals surface area contributed by atoms with Gasteiger partial charge in [-0.25, -0.2) is 8.78 Å². The van der Waals surface area contributed by atoms with Gasteiger partial charge in [-0.2, -0.15) is 0 Å². The minimum atomic E-state index is -0.293. The molecule has 0 aliphatic carbocycles. The molecule has 156 valence electrons. The van der Waals surface area contributed by atoms with Crippen LogP contribution in [0, 0.1) is 11.6 Å². The third kappa shape index (κ3) is 7.41. The molecule has 0 aliphatic rings. The van der Waals surface area contributed by atoms with Gasteiger partial charge in [-0.1, -0.05) is 37.6 Å². The highest BCUT2D eigenvalue weighted by Gasteiger charge is 2.17. The second-order valence-corrected chi connectivity index (χ2v) is 7.42. The first-order valence-electron chi connectivity index (χ1n) is 10.2. The molecule has 5 heteroatoms. The van der Waals surface area contributed by atoms with Crippen LogP contribution < -0.4 is 0 Å². The first-order chi connectivity index (χ1) is 13.9. The predicted octanol–water partition coefficient (Wildman–Crippen LogP) is 5.48. The molecule has 0 radical (unpaired) electrons. The van der Waals surface area contributed by atoms with Gasteiger partial charge in [0.2, 0.25) is 5.91 Å². The Morgan fingerprint density at radius 1 is 0.897 bits per heavy atom. The smallest absolute Gasteiger partial charge is 0.222 e. The molecule has 0 bridgehead atoms. The fourth-order valence-corrected chi connectivity index (χ4v) is 3.53. The van der Waals surface area contributed by atoms with Gasteiger partial charge in [-0.3, -0.25) is 9.59 Å². The average molecular weight is 401 g/mol. The number of carbonyl (C=O) groups is 2. The number of rotatable bonds is 11. The summed E-state index contributed by atoms with van der Waals surface area (Å²) in [6, 6.07) is 12.7. The maximum atomic E-state index is 13.3. The van der Waals surface area contributed by atoms with Gasteiger partial charge in [-0.15, -0.1) is 0 Å². The predicted molar refractivity (Wildman–Crippen MR) is 111 cm³/mol. The molecule has 0 spiro atoms. The number of halogens is 2. The lowest BCUT2D eigenvalue weighted by atomic mass is 9.87. The Morgan fingerprint density at radius 2 is 1.41 bits per heavy atom. The minimum absolute atomic E-state index is 0.00200. The molecule has 0 saturated carbocycles. The van der Waals surface area contributed by atoms with E-state index in [9.17, 15) is 18.4 Å². The van der Waals surface area contributed by atoms with E-state index in [1.54, 1.807) is 29.2 Å². The summed E-state index contributed by atoms with van der Waals surface area (Å²) in [7, 11) is 0. The van der Waals surface area contributed by atoms with E-state index in [0.717, 1.165) is 30.4 Å². The molecule has 1 amide bonds. The van der Waals surface area contributed by atoms with E-state index in [1.165, 1.54) is 31.2 Å². The standard InChI is InChI=1S/C24H29F2NO2/c1-3-16-27(17-18(2)28)24(29)7-5-4-6-23(19-8-12-21(25)13-9-19)20-10-14-22(26)15-11-20/h8-15,23H,3-7,16-17H2,1-2H3. The third-order valence-corrected chi connectivity index (χ3v) is 4.94. The zero-order valence-electron chi connectivity index (χ0n) is 17.2. The molecule has 0 saturated heterocycles. The second kappa shape index (κ2) is 11.4. The number of amides is 1. The highest BCUT2D eigenvalue weighted by molar-refractivity contribution is 5.84. The van der Waals surface area contributed by atoms with E-state index in [-0.39, 0.29) is 35.8 Å². The van der Waals surface area contributed by atoms with Crippen LogP contribution in [0.15, 0.2) is 48.5 Å². The molecule has 0 N–H and O–H groups in total. The Hall–Kier alpha value is -2.56. The van der Waals surface area contributed by atoms with Gasteiger partial charge in [0.05, 0.1) is 6.54 Å². The fraction of sp³-hybridized carbons (Fsp3) is 0.417. The quantitative estimate of drug-likeness (QED) is 0.467. The molecule has 2 aromatic rings. The first-order valence-corrected chi connectivity index (χ1v) is 10.2. The van der Waals surface area contributed by atoms with Crippen LogP contribution in [0.4, 0.5) is 8.78 Å². The van der Waals surface area contributed by atoms with Crippen molar-refractivity contribution < 1.29 is 18.4 Å². The van der Waals surface area contributed by atoms with Crippen LogP contribution >= 0.6 is 0 Å². The molecule has 2 aromatic carbocycles. The van der Waals surface area contributed by atoms with Crippen LogP contribution in [0.25, 0.3) is 0 Å². The number of carbonyl (C=O) groups excluding carboxylic acids is 2. The molecule has 0 atom stereocenters. The lowest BCUT2D eigenvalue weighted by Crippen LogP contribution is -2.35. The fourth-order valence-electron chi connectivity index (χ4n) is 3.53. The van der Waals surface area contributed by atoms with Gasteiger partial charge in [0, 0.05) is 18.9 Å². The Morgan fingerprint density at radius 3 is 1.86 bits per heavy atom. The van der Waals surface area contributed by atoms with Crippen molar-refractivity contribution >= 4 is 11.7 Å². The van der Waals surface area contributed by atoms with E-state index < -0.39 is 0 Å². The van der Waals surface area contributed by atoms with E-state index in [1.807, 2.05) is 6.92 Å². The molecule has 2 rings (SSSR count). The Labute approximate surface area is 171 Å². The minimum Gasteiger partial charge on any atom is -0.335 e. The van der Waals surface area contributed by atoms with Crippen LogP contribution in [0.3, 0.4) is 0 Å². The summed E-state index contributed by atoms with van der Waals surface area (Å²) >= 11 is 0. The van der Waals surface area contributed by atoms with Gasteiger partial charge in [-0.05, 0) is 61.6 Å². The van der Waals surface area contributed by atoms with E-state index in [4.69, 9.17) is 0 Å². The highest BCUT2D eigenvalue weighted by atomic mass is 19.1. The van der Waals surface area contributed by atoms with Crippen LogP contribution in [0.5, 0.6) is 0 Å². The molecule has 0 heterocycles. The Kier molecular flexibility index (Phi) is 8.97. The maximum Gasteiger partial charge on any atom is 0.222 e. The molecule has 29 heavy (non-hydrogen) atoms. The number of unbranched alkanes of at least 4 members (excludes halogenated alkanes) is 1. The van der Waals surface area contributed by atoms with Gasteiger partial charge in [0.15, 0.2) is 0 Å². The van der Waals surface area contributed by atoms with Crippen molar-refractivity contribution in [1.82, 2.24) is 4.90 Å². The third-order valence-electron chi connectivity index (χ3n) is 4.94. The number of hydrogen-bond acceptors (Lipinski definition) is 2. The van der Waals surface area contributed by atoms with Crippen molar-refractivity contribution in [3.8, 4) is 0 Å². The molecular formula is C24H29F2NO2. The van der Waals surface area contributed by atoms with E-state index in [2.05, 4.69) is 0 Å². The van der Waals surface area contributed by atoms with Gasteiger partial charge in [0.1, 0.15) is 17.4 Å². The Bertz CT molecular complexity index is 742. The summed E-state index contributed by atoms with van der Waals surface area (Å²) in [5, 5.41) is 0. The van der Waals surface area contributed by atoms with E-state index >= 15 is 0 Å². The molecule has 0 fully saturated rings. The zero-order valence-corrected chi connectivity index (χ0v) is 17.2. The van der Waals surface area contributed by atoms with Crippen molar-refractivity contribution in [3.05, 3.63) is 71.3 Å². The Balaban J connectivity index is 1.99. The summed E-state index contributed by atoms with van der Waals surface area (Å²) < 4.78 is 26.6.